The molecular weight excluding hydrogens is 290 g/mol. The van der Waals surface area contributed by atoms with Crippen LogP contribution in [-0.2, 0) is 6.42 Å². The highest BCUT2D eigenvalue weighted by atomic mass is 79.9. The number of benzene rings is 1. The maximum absolute atomic E-state index is 5.97. The predicted molar refractivity (Wildman–Crippen MR) is 81.1 cm³/mol. The molecule has 0 heterocycles. The van der Waals surface area contributed by atoms with Gasteiger partial charge in [-0.2, -0.15) is 0 Å². The Hall–Kier alpha value is -0.540. The Labute approximate surface area is 119 Å². The molecule has 0 aliphatic heterocycles. The van der Waals surface area contributed by atoms with Crippen LogP contribution in [0.2, 0.25) is 0 Å². The molecule has 0 fully saturated rings. The fourth-order valence-electron chi connectivity index (χ4n) is 1.90. The van der Waals surface area contributed by atoms with Gasteiger partial charge in [0.2, 0.25) is 0 Å². The molecule has 0 saturated heterocycles. The molecule has 0 spiro atoms. The van der Waals surface area contributed by atoms with Gasteiger partial charge in [0.15, 0.2) is 0 Å². The van der Waals surface area contributed by atoms with E-state index in [-0.39, 0.29) is 12.1 Å². The van der Waals surface area contributed by atoms with Crippen LogP contribution in [0.15, 0.2) is 22.7 Å². The van der Waals surface area contributed by atoms with Crippen LogP contribution < -0.4 is 10.5 Å². The van der Waals surface area contributed by atoms with Crippen LogP contribution in [0.5, 0.6) is 5.75 Å². The molecule has 102 valence electrons. The summed E-state index contributed by atoms with van der Waals surface area (Å²) in [4.78, 5) is 0. The van der Waals surface area contributed by atoms with E-state index in [4.69, 9.17) is 10.5 Å². The number of hydrogen-bond acceptors (Lipinski definition) is 2. The lowest BCUT2D eigenvalue weighted by molar-refractivity contribution is 0.208. The highest BCUT2D eigenvalue weighted by Gasteiger charge is 2.08. The van der Waals surface area contributed by atoms with Crippen molar-refractivity contribution in [3.8, 4) is 5.75 Å². The minimum atomic E-state index is 0.239. The van der Waals surface area contributed by atoms with Gasteiger partial charge in [-0.05, 0) is 59.8 Å². The number of rotatable bonds is 7. The van der Waals surface area contributed by atoms with Crippen LogP contribution >= 0.6 is 15.9 Å². The van der Waals surface area contributed by atoms with E-state index in [1.165, 1.54) is 5.56 Å². The van der Waals surface area contributed by atoms with Crippen molar-refractivity contribution in [1.82, 2.24) is 0 Å². The summed E-state index contributed by atoms with van der Waals surface area (Å²) < 4.78 is 6.91. The Kier molecular flexibility index (Phi) is 6.72. The molecule has 1 rings (SSSR count). The summed E-state index contributed by atoms with van der Waals surface area (Å²) in [5.74, 6) is 0.921. The van der Waals surface area contributed by atoms with Crippen LogP contribution in [-0.4, -0.2) is 12.1 Å². The number of hydrogen-bond donors (Lipinski definition) is 1. The molecule has 0 aromatic heterocycles. The summed E-state index contributed by atoms with van der Waals surface area (Å²) in [6, 6.07) is 6.49. The minimum Gasteiger partial charge on any atom is -0.490 e. The summed E-state index contributed by atoms with van der Waals surface area (Å²) in [6.07, 6.45) is 4.40. The minimum absolute atomic E-state index is 0.239. The van der Waals surface area contributed by atoms with Crippen LogP contribution in [0.4, 0.5) is 0 Å². The number of ether oxygens (including phenoxy) is 1. The van der Waals surface area contributed by atoms with Gasteiger partial charge in [0, 0.05) is 6.04 Å². The van der Waals surface area contributed by atoms with E-state index in [2.05, 4.69) is 48.8 Å². The number of halogens is 1. The molecule has 3 heteroatoms. The van der Waals surface area contributed by atoms with Crippen molar-refractivity contribution in [3.05, 3.63) is 28.2 Å². The van der Waals surface area contributed by atoms with Crippen LogP contribution in [0.25, 0.3) is 0 Å². The first-order valence-electron chi connectivity index (χ1n) is 6.77. The molecule has 2 N–H and O–H groups in total. The van der Waals surface area contributed by atoms with Crippen molar-refractivity contribution in [3.63, 3.8) is 0 Å². The fourth-order valence-corrected chi connectivity index (χ4v) is 2.42. The summed E-state index contributed by atoms with van der Waals surface area (Å²) in [5, 5.41) is 0. The van der Waals surface area contributed by atoms with E-state index < -0.39 is 0 Å². The fraction of sp³-hybridized carbons (Fsp3) is 0.600. The topological polar surface area (TPSA) is 35.2 Å². The maximum Gasteiger partial charge on any atom is 0.133 e. The van der Waals surface area contributed by atoms with Crippen LogP contribution in [0.1, 0.15) is 45.6 Å². The lowest BCUT2D eigenvalue weighted by atomic mass is 10.0. The number of nitrogens with two attached hydrogens (primary N) is 1. The zero-order valence-electron chi connectivity index (χ0n) is 11.6. The van der Waals surface area contributed by atoms with Crippen molar-refractivity contribution in [2.75, 3.05) is 0 Å². The van der Waals surface area contributed by atoms with Gasteiger partial charge in [0.1, 0.15) is 5.75 Å². The molecule has 0 bridgehead atoms. The molecule has 2 unspecified atom stereocenters. The SMILES string of the molecule is CCCC(C)Oc1ccc(CC(N)CC)cc1Br. The highest BCUT2D eigenvalue weighted by molar-refractivity contribution is 9.10. The van der Waals surface area contributed by atoms with Gasteiger partial charge in [-0.3, -0.25) is 0 Å². The summed E-state index contributed by atoms with van der Waals surface area (Å²) in [6.45, 7) is 6.39. The molecule has 0 aliphatic rings. The first kappa shape index (κ1) is 15.5. The standard InChI is InChI=1S/C15H24BrNO/c1-4-6-11(3)18-15-8-7-12(10-14(15)16)9-13(17)5-2/h7-8,10-11,13H,4-6,9,17H2,1-3H3. The Morgan fingerprint density at radius 3 is 2.61 bits per heavy atom. The molecule has 1 aromatic carbocycles. The van der Waals surface area contributed by atoms with E-state index >= 15 is 0 Å². The Morgan fingerprint density at radius 1 is 1.33 bits per heavy atom. The van der Waals surface area contributed by atoms with Crippen molar-refractivity contribution in [1.29, 1.82) is 0 Å². The zero-order valence-corrected chi connectivity index (χ0v) is 13.2. The molecule has 1 aromatic rings. The molecule has 0 radical (unpaired) electrons. The van der Waals surface area contributed by atoms with E-state index in [9.17, 15) is 0 Å². The lowest BCUT2D eigenvalue weighted by Crippen LogP contribution is -2.21. The molecule has 0 aliphatic carbocycles. The summed E-state index contributed by atoms with van der Waals surface area (Å²) in [7, 11) is 0. The van der Waals surface area contributed by atoms with Crippen molar-refractivity contribution in [2.45, 2.75) is 58.6 Å². The van der Waals surface area contributed by atoms with Gasteiger partial charge in [0.25, 0.3) is 0 Å². The summed E-state index contributed by atoms with van der Waals surface area (Å²) in [5.41, 5.74) is 7.22. The Morgan fingerprint density at radius 2 is 2.06 bits per heavy atom. The lowest BCUT2D eigenvalue weighted by Gasteiger charge is -2.16. The van der Waals surface area contributed by atoms with Gasteiger partial charge in [-0.15, -0.1) is 0 Å². The molecule has 2 nitrogen and oxygen atoms in total. The second-order valence-corrected chi connectivity index (χ2v) is 5.71. The first-order valence-corrected chi connectivity index (χ1v) is 7.56. The maximum atomic E-state index is 5.97. The van der Waals surface area contributed by atoms with Crippen LogP contribution in [0.3, 0.4) is 0 Å². The molecule has 0 saturated carbocycles. The van der Waals surface area contributed by atoms with Gasteiger partial charge < -0.3 is 10.5 Å². The smallest absolute Gasteiger partial charge is 0.133 e. The largest absolute Gasteiger partial charge is 0.490 e. The van der Waals surface area contributed by atoms with Crippen molar-refractivity contribution < 1.29 is 4.74 Å². The Balaban J connectivity index is 2.67. The van der Waals surface area contributed by atoms with Crippen molar-refractivity contribution >= 4 is 15.9 Å². The molecule has 2 atom stereocenters. The zero-order chi connectivity index (χ0) is 13.5. The van der Waals surface area contributed by atoms with Crippen molar-refractivity contribution in [2.24, 2.45) is 5.73 Å². The van der Waals surface area contributed by atoms with E-state index in [1.807, 2.05) is 6.07 Å². The quantitative estimate of drug-likeness (QED) is 0.814. The molecule has 18 heavy (non-hydrogen) atoms. The third-order valence-electron chi connectivity index (χ3n) is 3.04. The van der Waals surface area contributed by atoms with Crippen LogP contribution in [0, 0.1) is 0 Å². The predicted octanol–water partition coefficient (Wildman–Crippen LogP) is 4.30. The second kappa shape index (κ2) is 7.80. The van der Waals surface area contributed by atoms with Gasteiger partial charge in [0.05, 0.1) is 10.6 Å². The monoisotopic (exact) mass is 313 g/mol. The third kappa shape index (κ3) is 4.99. The normalized spacial score (nSPS) is 14.3. The van der Waals surface area contributed by atoms with Gasteiger partial charge in [-0.25, -0.2) is 0 Å². The average Bonchev–Trinajstić information content (AvgIpc) is 2.33. The third-order valence-corrected chi connectivity index (χ3v) is 3.66. The first-order chi connectivity index (χ1) is 8.56. The van der Waals surface area contributed by atoms with Gasteiger partial charge in [-0.1, -0.05) is 26.3 Å². The van der Waals surface area contributed by atoms with E-state index in [0.717, 1.165) is 35.9 Å². The van der Waals surface area contributed by atoms with E-state index in [0.29, 0.717) is 0 Å². The Bertz CT molecular complexity index is 368. The van der Waals surface area contributed by atoms with E-state index in [1.54, 1.807) is 0 Å². The van der Waals surface area contributed by atoms with Gasteiger partial charge >= 0.3 is 0 Å². The highest BCUT2D eigenvalue weighted by Crippen LogP contribution is 2.28. The second-order valence-electron chi connectivity index (χ2n) is 4.85. The summed E-state index contributed by atoms with van der Waals surface area (Å²) >= 11 is 3.57. The molecular formula is C15H24BrNO. The molecule has 0 amide bonds. The average molecular weight is 314 g/mol.